The minimum atomic E-state index is -0.232. The summed E-state index contributed by atoms with van der Waals surface area (Å²) in [6.07, 6.45) is 6.91. The van der Waals surface area contributed by atoms with E-state index < -0.39 is 0 Å². The second kappa shape index (κ2) is 11.7. The van der Waals surface area contributed by atoms with Gasteiger partial charge in [0, 0.05) is 19.7 Å². The summed E-state index contributed by atoms with van der Waals surface area (Å²) in [5, 5.41) is 16.1. The van der Waals surface area contributed by atoms with Crippen molar-refractivity contribution >= 4 is 29.9 Å². The zero-order chi connectivity index (χ0) is 17.3. The third-order valence-electron chi connectivity index (χ3n) is 4.84. The van der Waals surface area contributed by atoms with Crippen molar-refractivity contribution in [2.24, 2.45) is 10.4 Å². The maximum absolute atomic E-state index is 13.3. The van der Waals surface area contributed by atoms with Crippen LogP contribution in [0.15, 0.2) is 29.3 Å². The van der Waals surface area contributed by atoms with Crippen LogP contribution in [0.1, 0.15) is 51.0 Å². The van der Waals surface area contributed by atoms with Gasteiger partial charge in [-0.2, -0.15) is 0 Å². The van der Waals surface area contributed by atoms with Gasteiger partial charge in [0.15, 0.2) is 5.96 Å². The quantitative estimate of drug-likeness (QED) is 0.327. The van der Waals surface area contributed by atoms with Crippen molar-refractivity contribution in [1.82, 2.24) is 10.6 Å². The van der Waals surface area contributed by atoms with Crippen molar-refractivity contribution in [2.75, 3.05) is 19.7 Å². The minimum Gasteiger partial charge on any atom is -0.396 e. The van der Waals surface area contributed by atoms with Crippen molar-refractivity contribution < 1.29 is 9.50 Å². The SMILES string of the molecule is CCNC(=NCc1cccc(F)c1)NCC1(CCO)CCCCC1.I. The number of guanidine groups is 1. The van der Waals surface area contributed by atoms with Gasteiger partial charge in [-0.1, -0.05) is 31.4 Å². The number of hydrogen-bond donors (Lipinski definition) is 3. The lowest BCUT2D eigenvalue weighted by Gasteiger charge is -2.37. The number of nitrogens with zero attached hydrogens (tertiary/aromatic N) is 1. The highest BCUT2D eigenvalue weighted by molar-refractivity contribution is 14.0. The van der Waals surface area contributed by atoms with Crippen molar-refractivity contribution in [3.05, 3.63) is 35.6 Å². The van der Waals surface area contributed by atoms with Gasteiger partial charge in [-0.25, -0.2) is 9.38 Å². The highest BCUT2D eigenvalue weighted by Gasteiger charge is 2.31. The average molecular weight is 463 g/mol. The summed E-state index contributed by atoms with van der Waals surface area (Å²) in [6.45, 7) is 4.31. The molecule has 0 aromatic heterocycles. The molecule has 0 radical (unpaired) electrons. The molecule has 2 rings (SSSR count). The third kappa shape index (κ3) is 7.48. The van der Waals surface area contributed by atoms with E-state index in [2.05, 4.69) is 15.6 Å². The molecule has 3 N–H and O–H groups in total. The fourth-order valence-corrected chi connectivity index (χ4v) is 3.47. The van der Waals surface area contributed by atoms with Gasteiger partial charge in [0.2, 0.25) is 0 Å². The summed E-state index contributed by atoms with van der Waals surface area (Å²) >= 11 is 0. The largest absolute Gasteiger partial charge is 0.396 e. The Morgan fingerprint density at radius 2 is 2.00 bits per heavy atom. The zero-order valence-electron chi connectivity index (χ0n) is 15.1. The van der Waals surface area contributed by atoms with Gasteiger partial charge in [-0.05, 0) is 49.3 Å². The molecule has 25 heavy (non-hydrogen) atoms. The van der Waals surface area contributed by atoms with Gasteiger partial charge in [0.05, 0.1) is 6.54 Å². The second-order valence-electron chi connectivity index (χ2n) is 6.71. The molecule has 0 heterocycles. The molecule has 0 saturated heterocycles. The van der Waals surface area contributed by atoms with E-state index >= 15 is 0 Å². The first-order valence-electron chi connectivity index (χ1n) is 9.05. The highest BCUT2D eigenvalue weighted by Crippen LogP contribution is 2.38. The molecule has 0 spiro atoms. The smallest absolute Gasteiger partial charge is 0.191 e. The van der Waals surface area contributed by atoms with E-state index in [4.69, 9.17) is 0 Å². The van der Waals surface area contributed by atoms with E-state index in [0.29, 0.717) is 6.54 Å². The van der Waals surface area contributed by atoms with Crippen LogP contribution >= 0.6 is 24.0 Å². The van der Waals surface area contributed by atoms with Gasteiger partial charge in [0.1, 0.15) is 5.82 Å². The van der Waals surface area contributed by atoms with E-state index in [1.165, 1.54) is 31.4 Å². The average Bonchev–Trinajstić information content (AvgIpc) is 2.59. The lowest BCUT2D eigenvalue weighted by molar-refractivity contribution is 0.131. The van der Waals surface area contributed by atoms with Crippen LogP contribution < -0.4 is 10.6 Å². The molecule has 0 bridgehead atoms. The Labute approximate surface area is 167 Å². The number of nitrogens with one attached hydrogen (secondary N) is 2. The van der Waals surface area contributed by atoms with Crippen LogP contribution in [0.4, 0.5) is 4.39 Å². The van der Waals surface area contributed by atoms with E-state index in [1.807, 2.05) is 13.0 Å². The summed E-state index contributed by atoms with van der Waals surface area (Å²) < 4.78 is 13.3. The Morgan fingerprint density at radius 3 is 2.64 bits per heavy atom. The lowest BCUT2D eigenvalue weighted by Crippen LogP contribution is -2.44. The number of rotatable bonds is 7. The summed E-state index contributed by atoms with van der Waals surface area (Å²) in [5.74, 6) is 0.523. The predicted molar refractivity (Wildman–Crippen MR) is 112 cm³/mol. The minimum absolute atomic E-state index is 0. The van der Waals surface area contributed by atoms with Gasteiger partial charge < -0.3 is 15.7 Å². The Bertz CT molecular complexity index is 528. The summed E-state index contributed by atoms with van der Waals surface area (Å²) in [6, 6.07) is 6.54. The monoisotopic (exact) mass is 463 g/mol. The molecular formula is C19H31FIN3O. The molecule has 0 atom stereocenters. The molecule has 1 aliphatic carbocycles. The number of hydrogen-bond acceptors (Lipinski definition) is 2. The number of aliphatic hydroxyl groups is 1. The van der Waals surface area contributed by atoms with Crippen LogP contribution in [0, 0.1) is 11.2 Å². The summed E-state index contributed by atoms with van der Waals surface area (Å²) in [7, 11) is 0. The molecule has 1 saturated carbocycles. The topological polar surface area (TPSA) is 56.7 Å². The van der Waals surface area contributed by atoms with Crippen LogP contribution in [-0.2, 0) is 6.54 Å². The first-order chi connectivity index (χ1) is 11.7. The van der Waals surface area contributed by atoms with E-state index in [-0.39, 0.29) is 41.8 Å². The fourth-order valence-electron chi connectivity index (χ4n) is 3.47. The first kappa shape index (κ1) is 22.2. The van der Waals surface area contributed by atoms with Crippen LogP contribution in [0.2, 0.25) is 0 Å². The van der Waals surface area contributed by atoms with Crippen LogP contribution in [0.5, 0.6) is 0 Å². The number of halogens is 2. The Kier molecular flexibility index (Phi) is 10.3. The molecular weight excluding hydrogens is 432 g/mol. The number of aliphatic hydroxyl groups excluding tert-OH is 1. The lowest BCUT2D eigenvalue weighted by atomic mass is 9.72. The normalized spacial score (nSPS) is 16.8. The fraction of sp³-hybridized carbons (Fsp3) is 0.632. The molecule has 0 aliphatic heterocycles. The van der Waals surface area contributed by atoms with Crippen LogP contribution in [0.25, 0.3) is 0 Å². The van der Waals surface area contributed by atoms with Crippen molar-refractivity contribution in [2.45, 2.75) is 52.0 Å². The summed E-state index contributed by atoms with van der Waals surface area (Å²) in [4.78, 5) is 4.57. The molecule has 1 aromatic carbocycles. The van der Waals surface area contributed by atoms with Crippen molar-refractivity contribution in [3.63, 3.8) is 0 Å². The first-order valence-corrected chi connectivity index (χ1v) is 9.05. The molecule has 0 unspecified atom stereocenters. The maximum Gasteiger partial charge on any atom is 0.191 e. The van der Waals surface area contributed by atoms with Crippen LogP contribution in [0.3, 0.4) is 0 Å². The maximum atomic E-state index is 13.3. The van der Waals surface area contributed by atoms with E-state index in [1.54, 1.807) is 6.07 Å². The predicted octanol–water partition coefficient (Wildman–Crippen LogP) is 3.83. The van der Waals surface area contributed by atoms with Crippen molar-refractivity contribution in [3.8, 4) is 0 Å². The van der Waals surface area contributed by atoms with Crippen molar-refractivity contribution in [1.29, 1.82) is 0 Å². The number of aliphatic imine (C=N–C) groups is 1. The van der Waals surface area contributed by atoms with Crippen LogP contribution in [-0.4, -0.2) is 30.8 Å². The van der Waals surface area contributed by atoms with Gasteiger partial charge in [0.25, 0.3) is 0 Å². The standard InChI is InChI=1S/C19H30FN3O.HI/c1-2-21-18(22-14-16-7-6-8-17(20)13-16)23-15-19(11-12-24)9-4-3-5-10-19;/h6-8,13,24H,2-5,9-12,14-15H2,1H3,(H2,21,22,23);1H. The van der Waals surface area contributed by atoms with E-state index in [0.717, 1.165) is 43.9 Å². The Hall–Kier alpha value is -0.890. The molecule has 1 aromatic rings. The molecule has 142 valence electrons. The number of benzene rings is 1. The Morgan fingerprint density at radius 1 is 1.24 bits per heavy atom. The molecule has 1 fully saturated rings. The second-order valence-corrected chi connectivity index (χ2v) is 6.71. The van der Waals surface area contributed by atoms with Gasteiger partial charge in [-0.3, -0.25) is 0 Å². The van der Waals surface area contributed by atoms with E-state index in [9.17, 15) is 9.50 Å². The van der Waals surface area contributed by atoms with Gasteiger partial charge >= 0.3 is 0 Å². The van der Waals surface area contributed by atoms with Gasteiger partial charge in [-0.15, -0.1) is 24.0 Å². The zero-order valence-corrected chi connectivity index (χ0v) is 17.4. The molecule has 1 aliphatic rings. The molecule has 6 heteroatoms. The Balaban J connectivity index is 0.00000312. The molecule has 0 amide bonds. The summed E-state index contributed by atoms with van der Waals surface area (Å²) in [5.41, 5.74) is 1.03. The molecule has 4 nitrogen and oxygen atoms in total. The third-order valence-corrected chi connectivity index (χ3v) is 4.84. The highest BCUT2D eigenvalue weighted by atomic mass is 127.